The minimum absolute atomic E-state index is 0.812. The van der Waals surface area contributed by atoms with Crippen molar-refractivity contribution in [1.29, 1.82) is 0 Å². The maximum absolute atomic E-state index is 5.70. The lowest BCUT2D eigenvalue weighted by Gasteiger charge is -2.17. The number of rotatable bonds is 2. The van der Waals surface area contributed by atoms with Crippen molar-refractivity contribution >= 4 is 11.4 Å². The second kappa shape index (κ2) is 4.73. The summed E-state index contributed by atoms with van der Waals surface area (Å²) in [6.45, 7) is 2.39. The van der Waals surface area contributed by atoms with E-state index in [0.717, 1.165) is 5.69 Å². The summed E-state index contributed by atoms with van der Waals surface area (Å²) in [5, 5.41) is 0. The summed E-state index contributed by atoms with van der Waals surface area (Å²) in [7, 11) is 0. The molecular formula is C16H18N2. The van der Waals surface area contributed by atoms with E-state index in [1.807, 2.05) is 12.1 Å². The van der Waals surface area contributed by atoms with E-state index in [0.29, 0.717) is 0 Å². The maximum Gasteiger partial charge on any atom is 0.0366 e. The van der Waals surface area contributed by atoms with E-state index in [4.69, 9.17) is 5.73 Å². The van der Waals surface area contributed by atoms with Crippen molar-refractivity contribution < 1.29 is 0 Å². The van der Waals surface area contributed by atoms with Crippen LogP contribution in [0, 0.1) is 0 Å². The van der Waals surface area contributed by atoms with E-state index >= 15 is 0 Å². The first-order valence-electron chi connectivity index (χ1n) is 6.54. The predicted octanol–water partition coefficient (Wildman–Crippen LogP) is 3.54. The first-order chi connectivity index (χ1) is 8.83. The van der Waals surface area contributed by atoms with E-state index < -0.39 is 0 Å². The third-order valence-electron chi connectivity index (χ3n) is 3.58. The molecule has 1 heterocycles. The Kier molecular flexibility index (Phi) is 2.93. The zero-order chi connectivity index (χ0) is 12.4. The average molecular weight is 238 g/mol. The van der Waals surface area contributed by atoms with Crippen LogP contribution in [-0.4, -0.2) is 13.1 Å². The molecule has 3 rings (SSSR count). The van der Waals surface area contributed by atoms with Gasteiger partial charge in [-0.1, -0.05) is 24.3 Å². The van der Waals surface area contributed by atoms with Gasteiger partial charge in [0.05, 0.1) is 0 Å². The highest BCUT2D eigenvalue weighted by Crippen LogP contribution is 2.25. The molecule has 2 aromatic rings. The molecular weight excluding hydrogens is 220 g/mol. The molecule has 1 aliphatic rings. The summed E-state index contributed by atoms with van der Waals surface area (Å²) >= 11 is 0. The average Bonchev–Trinajstić information content (AvgIpc) is 2.94. The van der Waals surface area contributed by atoms with Crippen LogP contribution in [-0.2, 0) is 0 Å². The van der Waals surface area contributed by atoms with Crippen LogP contribution in [0.4, 0.5) is 11.4 Å². The summed E-state index contributed by atoms with van der Waals surface area (Å²) in [4.78, 5) is 2.45. The third kappa shape index (κ3) is 2.19. The van der Waals surface area contributed by atoms with E-state index in [-0.39, 0.29) is 0 Å². The highest BCUT2D eigenvalue weighted by atomic mass is 15.1. The summed E-state index contributed by atoms with van der Waals surface area (Å²) < 4.78 is 0. The number of nitrogen functional groups attached to an aromatic ring is 1. The molecule has 2 aromatic carbocycles. The van der Waals surface area contributed by atoms with Gasteiger partial charge >= 0.3 is 0 Å². The van der Waals surface area contributed by atoms with Crippen molar-refractivity contribution in [3.05, 3.63) is 48.5 Å². The van der Waals surface area contributed by atoms with Crippen molar-refractivity contribution in [2.75, 3.05) is 23.7 Å². The SMILES string of the molecule is Nc1ccc(-c2ccc(N3CCCC3)cc2)cc1. The van der Waals surface area contributed by atoms with Gasteiger partial charge in [0, 0.05) is 24.5 Å². The molecule has 0 aliphatic carbocycles. The number of nitrogens with two attached hydrogens (primary N) is 1. The molecule has 0 unspecified atom stereocenters. The molecule has 0 aromatic heterocycles. The van der Waals surface area contributed by atoms with Crippen LogP contribution >= 0.6 is 0 Å². The summed E-state index contributed by atoms with van der Waals surface area (Å²) in [5.41, 5.74) is 10.3. The number of hydrogen-bond acceptors (Lipinski definition) is 2. The Balaban J connectivity index is 1.84. The maximum atomic E-state index is 5.70. The Hall–Kier alpha value is -1.96. The van der Waals surface area contributed by atoms with Gasteiger partial charge in [0.1, 0.15) is 0 Å². The Morgan fingerprint density at radius 1 is 0.722 bits per heavy atom. The number of benzene rings is 2. The molecule has 0 bridgehead atoms. The van der Waals surface area contributed by atoms with Crippen LogP contribution in [0.1, 0.15) is 12.8 Å². The van der Waals surface area contributed by atoms with Crippen LogP contribution < -0.4 is 10.6 Å². The standard InChI is InChI=1S/C16H18N2/c17-15-7-3-13(4-8-15)14-5-9-16(10-6-14)18-11-1-2-12-18/h3-10H,1-2,11-12,17H2. The largest absolute Gasteiger partial charge is 0.399 e. The Morgan fingerprint density at radius 2 is 1.22 bits per heavy atom. The Morgan fingerprint density at radius 3 is 1.78 bits per heavy atom. The molecule has 92 valence electrons. The molecule has 2 heteroatoms. The molecule has 1 aliphatic heterocycles. The van der Waals surface area contributed by atoms with Crippen molar-refractivity contribution in [1.82, 2.24) is 0 Å². The molecule has 0 radical (unpaired) electrons. The predicted molar refractivity (Wildman–Crippen MR) is 77.7 cm³/mol. The van der Waals surface area contributed by atoms with Gasteiger partial charge in [-0.3, -0.25) is 0 Å². The molecule has 0 amide bonds. The second-order valence-electron chi connectivity index (χ2n) is 4.86. The fourth-order valence-corrected chi connectivity index (χ4v) is 2.52. The molecule has 2 N–H and O–H groups in total. The van der Waals surface area contributed by atoms with Gasteiger partial charge in [-0.2, -0.15) is 0 Å². The van der Waals surface area contributed by atoms with Crippen LogP contribution in [0.2, 0.25) is 0 Å². The third-order valence-corrected chi connectivity index (χ3v) is 3.58. The summed E-state index contributed by atoms with van der Waals surface area (Å²) in [5.74, 6) is 0. The number of nitrogens with zero attached hydrogens (tertiary/aromatic N) is 1. The van der Waals surface area contributed by atoms with Crippen molar-refractivity contribution in [2.45, 2.75) is 12.8 Å². The number of anilines is 2. The summed E-state index contributed by atoms with van der Waals surface area (Å²) in [6, 6.07) is 16.9. The van der Waals surface area contributed by atoms with Crippen LogP contribution in [0.25, 0.3) is 11.1 Å². The summed E-state index contributed by atoms with van der Waals surface area (Å²) in [6.07, 6.45) is 2.64. The monoisotopic (exact) mass is 238 g/mol. The molecule has 1 saturated heterocycles. The van der Waals surface area contributed by atoms with Crippen LogP contribution in [0.3, 0.4) is 0 Å². The van der Waals surface area contributed by atoms with Crippen molar-refractivity contribution in [2.24, 2.45) is 0 Å². The molecule has 2 nitrogen and oxygen atoms in total. The quantitative estimate of drug-likeness (QED) is 0.811. The van der Waals surface area contributed by atoms with Crippen molar-refractivity contribution in [3.8, 4) is 11.1 Å². The normalized spacial score (nSPS) is 15.0. The van der Waals surface area contributed by atoms with Crippen molar-refractivity contribution in [3.63, 3.8) is 0 Å². The minimum Gasteiger partial charge on any atom is -0.399 e. The van der Waals surface area contributed by atoms with Gasteiger partial charge in [0.15, 0.2) is 0 Å². The van der Waals surface area contributed by atoms with Gasteiger partial charge in [-0.15, -0.1) is 0 Å². The first kappa shape index (κ1) is 11.1. The van der Waals surface area contributed by atoms with Gasteiger partial charge < -0.3 is 10.6 Å². The van der Waals surface area contributed by atoms with Gasteiger partial charge in [0.2, 0.25) is 0 Å². The topological polar surface area (TPSA) is 29.3 Å². The molecule has 18 heavy (non-hydrogen) atoms. The van der Waals surface area contributed by atoms with E-state index in [9.17, 15) is 0 Å². The highest BCUT2D eigenvalue weighted by molar-refractivity contribution is 5.68. The fraction of sp³-hybridized carbons (Fsp3) is 0.250. The lowest BCUT2D eigenvalue weighted by molar-refractivity contribution is 0.949. The van der Waals surface area contributed by atoms with E-state index in [1.165, 1.54) is 42.7 Å². The fourth-order valence-electron chi connectivity index (χ4n) is 2.52. The zero-order valence-corrected chi connectivity index (χ0v) is 10.5. The first-order valence-corrected chi connectivity index (χ1v) is 6.54. The lowest BCUT2D eigenvalue weighted by atomic mass is 10.0. The second-order valence-corrected chi connectivity index (χ2v) is 4.86. The highest BCUT2D eigenvalue weighted by Gasteiger charge is 2.11. The Labute approximate surface area is 108 Å². The van der Waals surface area contributed by atoms with Gasteiger partial charge in [0.25, 0.3) is 0 Å². The smallest absolute Gasteiger partial charge is 0.0366 e. The van der Waals surface area contributed by atoms with Gasteiger partial charge in [-0.05, 0) is 48.2 Å². The molecule has 0 spiro atoms. The zero-order valence-electron chi connectivity index (χ0n) is 10.5. The minimum atomic E-state index is 0.812. The molecule has 0 atom stereocenters. The Bertz CT molecular complexity index is 508. The van der Waals surface area contributed by atoms with Gasteiger partial charge in [-0.25, -0.2) is 0 Å². The number of hydrogen-bond donors (Lipinski definition) is 1. The molecule has 1 fully saturated rings. The van der Waals surface area contributed by atoms with E-state index in [2.05, 4.69) is 41.3 Å². The van der Waals surface area contributed by atoms with E-state index in [1.54, 1.807) is 0 Å². The van der Waals surface area contributed by atoms with Crippen LogP contribution in [0.15, 0.2) is 48.5 Å². The lowest BCUT2D eigenvalue weighted by Crippen LogP contribution is -2.17. The molecule has 0 saturated carbocycles. The van der Waals surface area contributed by atoms with Crippen LogP contribution in [0.5, 0.6) is 0 Å².